The van der Waals surface area contributed by atoms with Crippen molar-refractivity contribution in [2.75, 3.05) is 19.7 Å². The minimum absolute atomic E-state index is 0.227. The van der Waals surface area contributed by atoms with Crippen molar-refractivity contribution in [3.8, 4) is 5.75 Å². The molecule has 2 aliphatic heterocycles. The van der Waals surface area contributed by atoms with E-state index in [9.17, 15) is 14.4 Å². The smallest absolute Gasteiger partial charge is 0.329 e. The van der Waals surface area contributed by atoms with Crippen LogP contribution in [0.5, 0.6) is 5.75 Å². The van der Waals surface area contributed by atoms with Gasteiger partial charge < -0.3 is 10.1 Å². The van der Waals surface area contributed by atoms with E-state index < -0.39 is 11.9 Å². The number of benzene rings is 1. The molecular formula is C19H24N4O4. The summed E-state index contributed by atoms with van der Waals surface area (Å²) in [4.78, 5) is 36.6. The SMILES string of the molecule is Cn1c(=O)n(C2CCC(=O)NC2=O)c2cccc(OCC3CCNCC3)c21. The molecule has 8 heteroatoms. The molecule has 2 aliphatic rings. The highest BCUT2D eigenvalue weighted by Gasteiger charge is 2.31. The quantitative estimate of drug-likeness (QED) is 0.771. The minimum Gasteiger partial charge on any atom is -0.491 e. The highest BCUT2D eigenvalue weighted by Crippen LogP contribution is 2.29. The van der Waals surface area contributed by atoms with Gasteiger partial charge in [-0.05, 0) is 50.4 Å². The highest BCUT2D eigenvalue weighted by atomic mass is 16.5. The monoisotopic (exact) mass is 372 g/mol. The summed E-state index contributed by atoms with van der Waals surface area (Å²) in [6, 6.07) is 4.83. The Morgan fingerprint density at radius 1 is 1.15 bits per heavy atom. The number of amides is 2. The molecule has 27 heavy (non-hydrogen) atoms. The average Bonchev–Trinajstić information content (AvgIpc) is 2.93. The molecule has 0 saturated carbocycles. The normalized spacial score (nSPS) is 21.4. The Morgan fingerprint density at radius 3 is 2.67 bits per heavy atom. The lowest BCUT2D eigenvalue weighted by atomic mass is 9.99. The van der Waals surface area contributed by atoms with Gasteiger partial charge in [0.1, 0.15) is 17.3 Å². The largest absolute Gasteiger partial charge is 0.491 e. The van der Waals surface area contributed by atoms with Crippen LogP contribution in [-0.4, -0.2) is 40.6 Å². The lowest BCUT2D eigenvalue weighted by Crippen LogP contribution is -2.44. The average molecular weight is 372 g/mol. The predicted octanol–water partition coefficient (Wildman–Crippen LogP) is 0.696. The van der Waals surface area contributed by atoms with Crippen LogP contribution in [0.15, 0.2) is 23.0 Å². The zero-order chi connectivity index (χ0) is 19.0. The van der Waals surface area contributed by atoms with Gasteiger partial charge in [-0.25, -0.2) is 4.79 Å². The third-order valence-electron chi connectivity index (χ3n) is 5.52. The molecule has 2 aromatic rings. The van der Waals surface area contributed by atoms with Crippen LogP contribution in [0.25, 0.3) is 11.0 Å². The summed E-state index contributed by atoms with van der Waals surface area (Å²) >= 11 is 0. The van der Waals surface area contributed by atoms with Crippen LogP contribution in [-0.2, 0) is 16.6 Å². The van der Waals surface area contributed by atoms with Gasteiger partial charge >= 0.3 is 5.69 Å². The van der Waals surface area contributed by atoms with Crippen molar-refractivity contribution in [2.24, 2.45) is 13.0 Å². The molecule has 1 atom stereocenters. The molecule has 2 amide bonds. The fraction of sp³-hybridized carbons (Fsp3) is 0.526. The number of imide groups is 1. The number of imidazole rings is 1. The summed E-state index contributed by atoms with van der Waals surface area (Å²) in [7, 11) is 1.68. The summed E-state index contributed by atoms with van der Waals surface area (Å²) in [5.74, 6) is 0.421. The minimum atomic E-state index is -0.682. The third-order valence-corrected chi connectivity index (χ3v) is 5.52. The van der Waals surface area contributed by atoms with Crippen molar-refractivity contribution < 1.29 is 14.3 Å². The Hall–Kier alpha value is -2.61. The highest BCUT2D eigenvalue weighted by molar-refractivity contribution is 6.00. The first kappa shape index (κ1) is 17.8. The van der Waals surface area contributed by atoms with Crippen LogP contribution >= 0.6 is 0 Å². The lowest BCUT2D eigenvalue weighted by Gasteiger charge is -2.23. The number of ether oxygens (including phenoxy) is 1. The molecule has 3 heterocycles. The number of piperidine rings is 2. The standard InChI is InChI=1S/C19H24N4O4/c1-22-17-13(23(19(22)26)14-5-6-16(24)21-18(14)25)3-2-4-15(17)27-11-12-7-9-20-10-8-12/h2-4,12,14,20H,5-11H2,1H3,(H,21,24,25). The fourth-order valence-electron chi connectivity index (χ4n) is 4.00. The topological polar surface area (TPSA) is 94.4 Å². The molecular weight excluding hydrogens is 348 g/mol. The van der Waals surface area contributed by atoms with Crippen molar-refractivity contribution in [3.05, 3.63) is 28.7 Å². The van der Waals surface area contributed by atoms with Crippen LogP contribution in [0.4, 0.5) is 0 Å². The zero-order valence-electron chi connectivity index (χ0n) is 15.4. The number of aryl methyl sites for hydroxylation is 1. The van der Waals surface area contributed by atoms with Gasteiger partial charge in [0.2, 0.25) is 11.8 Å². The maximum absolute atomic E-state index is 12.9. The molecule has 1 aromatic carbocycles. The van der Waals surface area contributed by atoms with Gasteiger partial charge in [-0.3, -0.25) is 24.0 Å². The summed E-state index contributed by atoms with van der Waals surface area (Å²) < 4.78 is 9.09. The Bertz CT molecular complexity index is 939. The number of rotatable bonds is 4. The van der Waals surface area contributed by atoms with Gasteiger partial charge in [-0.2, -0.15) is 0 Å². The maximum atomic E-state index is 12.9. The summed E-state index contributed by atoms with van der Waals surface area (Å²) in [6.07, 6.45) is 2.70. The van der Waals surface area contributed by atoms with Gasteiger partial charge in [0, 0.05) is 13.5 Å². The maximum Gasteiger partial charge on any atom is 0.329 e. The summed E-state index contributed by atoms with van der Waals surface area (Å²) in [5.41, 5.74) is 1.05. The second kappa shape index (κ2) is 7.19. The second-order valence-electron chi connectivity index (χ2n) is 7.31. The van der Waals surface area contributed by atoms with E-state index in [1.807, 2.05) is 18.2 Å². The van der Waals surface area contributed by atoms with Crippen LogP contribution in [0, 0.1) is 5.92 Å². The number of hydrogen-bond donors (Lipinski definition) is 2. The molecule has 0 aliphatic carbocycles. The number of nitrogens with one attached hydrogen (secondary N) is 2. The van der Waals surface area contributed by atoms with Crippen LogP contribution < -0.4 is 21.1 Å². The van der Waals surface area contributed by atoms with Crippen molar-refractivity contribution in [3.63, 3.8) is 0 Å². The molecule has 2 N–H and O–H groups in total. The van der Waals surface area contributed by atoms with Gasteiger partial charge in [-0.1, -0.05) is 6.07 Å². The Morgan fingerprint density at radius 2 is 1.93 bits per heavy atom. The Balaban J connectivity index is 1.68. The fourth-order valence-corrected chi connectivity index (χ4v) is 4.00. The van der Waals surface area contributed by atoms with E-state index in [0.717, 1.165) is 25.9 Å². The van der Waals surface area contributed by atoms with Gasteiger partial charge in [0.15, 0.2) is 0 Å². The van der Waals surface area contributed by atoms with Crippen LogP contribution in [0.1, 0.15) is 31.7 Å². The van der Waals surface area contributed by atoms with Gasteiger partial charge in [-0.15, -0.1) is 0 Å². The molecule has 144 valence electrons. The first-order chi connectivity index (χ1) is 13.1. The van der Waals surface area contributed by atoms with E-state index in [0.29, 0.717) is 35.7 Å². The molecule has 0 radical (unpaired) electrons. The first-order valence-corrected chi connectivity index (χ1v) is 9.43. The third kappa shape index (κ3) is 3.25. The molecule has 2 saturated heterocycles. The van der Waals surface area contributed by atoms with E-state index in [1.54, 1.807) is 7.05 Å². The number of para-hydroxylation sites is 1. The molecule has 1 unspecified atom stereocenters. The molecule has 8 nitrogen and oxygen atoms in total. The van der Waals surface area contributed by atoms with E-state index >= 15 is 0 Å². The molecule has 0 bridgehead atoms. The van der Waals surface area contributed by atoms with Crippen LogP contribution in [0.3, 0.4) is 0 Å². The van der Waals surface area contributed by atoms with Crippen molar-refractivity contribution in [1.29, 1.82) is 0 Å². The summed E-state index contributed by atoms with van der Waals surface area (Å²) in [5, 5.41) is 5.67. The number of fused-ring (bicyclic) bond motifs is 1. The second-order valence-corrected chi connectivity index (χ2v) is 7.31. The number of nitrogens with zero attached hydrogens (tertiary/aromatic N) is 2. The predicted molar refractivity (Wildman–Crippen MR) is 99.7 cm³/mol. The molecule has 0 spiro atoms. The van der Waals surface area contributed by atoms with Gasteiger partial charge in [0.05, 0.1) is 12.1 Å². The van der Waals surface area contributed by atoms with E-state index in [1.165, 1.54) is 9.13 Å². The lowest BCUT2D eigenvalue weighted by molar-refractivity contribution is -0.135. The van der Waals surface area contributed by atoms with Crippen LogP contribution in [0.2, 0.25) is 0 Å². The molecule has 4 rings (SSSR count). The van der Waals surface area contributed by atoms with Crippen molar-refractivity contribution >= 4 is 22.8 Å². The number of carbonyl (C=O) groups is 2. The van der Waals surface area contributed by atoms with E-state index in [-0.39, 0.29) is 18.0 Å². The number of carbonyl (C=O) groups excluding carboxylic acids is 2. The molecule has 1 aromatic heterocycles. The Kier molecular flexibility index (Phi) is 4.73. The van der Waals surface area contributed by atoms with Gasteiger partial charge in [0.25, 0.3) is 0 Å². The molecule has 2 fully saturated rings. The van der Waals surface area contributed by atoms with E-state index in [2.05, 4.69) is 10.6 Å². The number of hydrogen-bond acceptors (Lipinski definition) is 5. The van der Waals surface area contributed by atoms with Crippen molar-refractivity contribution in [2.45, 2.75) is 31.7 Å². The number of aromatic nitrogens is 2. The van der Waals surface area contributed by atoms with E-state index in [4.69, 9.17) is 4.74 Å². The zero-order valence-corrected chi connectivity index (χ0v) is 15.4. The Labute approximate surface area is 156 Å². The first-order valence-electron chi connectivity index (χ1n) is 9.43. The van der Waals surface area contributed by atoms with Crippen molar-refractivity contribution in [1.82, 2.24) is 19.8 Å². The summed E-state index contributed by atoms with van der Waals surface area (Å²) in [6.45, 7) is 2.61.